The molecule has 0 fully saturated rings. The van der Waals surface area contributed by atoms with Crippen molar-refractivity contribution >= 4 is 0 Å². The molecule has 2 heteroatoms. The maximum Gasteiger partial charge on any atom is 0.0445 e. The van der Waals surface area contributed by atoms with Crippen molar-refractivity contribution < 1.29 is 5.11 Å². The van der Waals surface area contributed by atoms with Crippen molar-refractivity contribution in [3.8, 4) is 0 Å². The lowest BCUT2D eigenvalue weighted by atomic mass is 9.97. The van der Waals surface area contributed by atoms with Gasteiger partial charge in [0.25, 0.3) is 0 Å². The van der Waals surface area contributed by atoms with E-state index in [0.717, 1.165) is 6.42 Å². The third kappa shape index (κ3) is 5.56. The lowest BCUT2D eigenvalue weighted by Crippen LogP contribution is -2.46. The molecule has 0 aromatic rings. The summed E-state index contributed by atoms with van der Waals surface area (Å²) in [5, 5.41) is 12.3. The summed E-state index contributed by atoms with van der Waals surface area (Å²) in [7, 11) is 0. The van der Waals surface area contributed by atoms with Crippen LogP contribution < -0.4 is 5.32 Å². The number of aliphatic hydroxyl groups excluding tert-OH is 1. The summed E-state index contributed by atoms with van der Waals surface area (Å²) in [6.45, 7) is 11.1. The van der Waals surface area contributed by atoms with Gasteiger partial charge in [-0.1, -0.05) is 13.8 Å². The van der Waals surface area contributed by atoms with Gasteiger partial charge in [-0.05, 0) is 33.1 Å². The maximum absolute atomic E-state index is 8.84. The zero-order chi connectivity index (χ0) is 9.78. The van der Waals surface area contributed by atoms with Crippen LogP contribution in [-0.2, 0) is 0 Å². The lowest BCUT2D eigenvalue weighted by Gasteiger charge is -2.30. The van der Waals surface area contributed by atoms with Crippen molar-refractivity contribution in [3.63, 3.8) is 0 Å². The van der Waals surface area contributed by atoms with Crippen LogP contribution in [0.2, 0.25) is 0 Å². The van der Waals surface area contributed by atoms with Crippen LogP contribution in [0.5, 0.6) is 0 Å². The SMILES string of the molecule is CC(C)[C@@H](CCO)NC(C)(C)C. The van der Waals surface area contributed by atoms with Gasteiger partial charge in [0.2, 0.25) is 0 Å². The fourth-order valence-electron chi connectivity index (χ4n) is 1.27. The van der Waals surface area contributed by atoms with Crippen molar-refractivity contribution in [2.45, 2.75) is 52.6 Å². The molecule has 0 aliphatic rings. The molecule has 0 heterocycles. The first-order chi connectivity index (χ1) is 5.37. The van der Waals surface area contributed by atoms with Gasteiger partial charge in [-0.3, -0.25) is 0 Å². The Morgan fingerprint density at radius 2 is 1.75 bits per heavy atom. The minimum Gasteiger partial charge on any atom is -0.396 e. The standard InChI is InChI=1S/C10H23NO/c1-8(2)9(6-7-12)11-10(3,4)5/h8-9,11-12H,6-7H2,1-5H3/t9-/m1/s1. The van der Waals surface area contributed by atoms with Gasteiger partial charge in [0.05, 0.1) is 0 Å². The smallest absolute Gasteiger partial charge is 0.0445 e. The predicted molar refractivity (Wildman–Crippen MR) is 53.2 cm³/mol. The Morgan fingerprint density at radius 1 is 1.25 bits per heavy atom. The first-order valence-electron chi connectivity index (χ1n) is 4.75. The molecule has 0 unspecified atom stereocenters. The van der Waals surface area contributed by atoms with Crippen LogP contribution in [0.25, 0.3) is 0 Å². The van der Waals surface area contributed by atoms with E-state index >= 15 is 0 Å². The van der Waals surface area contributed by atoms with Gasteiger partial charge in [-0.2, -0.15) is 0 Å². The molecule has 0 spiro atoms. The van der Waals surface area contributed by atoms with Crippen LogP contribution in [0.4, 0.5) is 0 Å². The van der Waals surface area contributed by atoms with Gasteiger partial charge in [0.1, 0.15) is 0 Å². The fourth-order valence-corrected chi connectivity index (χ4v) is 1.27. The Kier molecular flexibility index (Phi) is 4.80. The van der Waals surface area contributed by atoms with E-state index in [1.54, 1.807) is 0 Å². The highest BCUT2D eigenvalue weighted by molar-refractivity contribution is 4.79. The first kappa shape index (κ1) is 11.9. The van der Waals surface area contributed by atoms with Crippen LogP contribution in [0, 0.1) is 5.92 Å². The Bertz CT molecular complexity index is 115. The van der Waals surface area contributed by atoms with E-state index in [0.29, 0.717) is 12.0 Å². The normalized spacial score (nSPS) is 15.2. The molecule has 74 valence electrons. The van der Waals surface area contributed by atoms with Gasteiger partial charge in [-0.15, -0.1) is 0 Å². The molecular formula is C10H23NO. The fraction of sp³-hybridized carbons (Fsp3) is 1.00. The second-order valence-electron chi connectivity index (χ2n) is 4.76. The van der Waals surface area contributed by atoms with E-state index in [9.17, 15) is 0 Å². The van der Waals surface area contributed by atoms with Gasteiger partial charge in [0, 0.05) is 18.2 Å². The lowest BCUT2D eigenvalue weighted by molar-refractivity contribution is 0.220. The zero-order valence-corrected chi connectivity index (χ0v) is 9.02. The monoisotopic (exact) mass is 173 g/mol. The largest absolute Gasteiger partial charge is 0.396 e. The minimum absolute atomic E-state index is 0.143. The number of hydrogen-bond acceptors (Lipinski definition) is 2. The maximum atomic E-state index is 8.84. The quantitative estimate of drug-likeness (QED) is 0.679. The van der Waals surface area contributed by atoms with E-state index < -0.39 is 0 Å². The van der Waals surface area contributed by atoms with Crippen LogP contribution in [0.1, 0.15) is 41.0 Å². The van der Waals surface area contributed by atoms with E-state index in [2.05, 4.69) is 39.9 Å². The van der Waals surface area contributed by atoms with Crippen molar-refractivity contribution in [1.82, 2.24) is 5.32 Å². The Hall–Kier alpha value is -0.0800. The second kappa shape index (κ2) is 4.83. The van der Waals surface area contributed by atoms with Crippen LogP contribution in [0.3, 0.4) is 0 Å². The minimum atomic E-state index is 0.143. The molecule has 1 atom stereocenters. The molecular weight excluding hydrogens is 150 g/mol. The molecule has 0 bridgehead atoms. The molecule has 0 aliphatic heterocycles. The van der Waals surface area contributed by atoms with Crippen molar-refractivity contribution in [2.75, 3.05) is 6.61 Å². The van der Waals surface area contributed by atoms with Gasteiger partial charge in [-0.25, -0.2) is 0 Å². The topological polar surface area (TPSA) is 32.3 Å². The predicted octanol–water partition coefficient (Wildman–Crippen LogP) is 1.78. The van der Waals surface area contributed by atoms with Crippen molar-refractivity contribution in [1.29, 1.82) is 0 Å². The third-order valence-corrected chi connectivity index (χ3v) is 1.86. The molecule has 0 rings (SSSR count). The average Bonchev–Trinajstić information content (AvgIpc) is 1.83. The molecule has 0 radical (unpaired) electrons. The summed E-state index contributed by atoms with van der Waals surface area (Å²) in [4.78, 5) is 0. The molecule has 0 saturated heterocycles. The highest BCUT2D eigenvalue weighted by Crippen LogP contribution is 2.10. The van der Waals surface area contributed by atoms with Gasteiger partial charge in [0.15, 0.2) is 0 Å². The summed E-state index contributed by atoms with van der Waals surface area (Å²) in [5.41, 5.74) is 0.143. The Morgan fingerprint density at radius 3 is 2.00 bits per heavy atom. The van der Waals surface area contributed by atoms with Crippen LogP contribution in [-0.4, -0.2) is 23.3 Å². The summed E-state index contributed by atoms with van der Waals surface area (Å²) in [6.07, 6.45) is 0.842. The summed E-state index contributed by atoms with van der Waals surface area (Å²) >= 11 is 0. The van der Waals surface area contributed by atoms with E-state index in [1.807, 2.05) is 0 Å². The summed E-state index contributed by atoms with van der Waals surface area (Å²) < 4.78 is 0. The highest BCUT2D eigenvalue weighted by atomic mass is 16.3. The van der Waals surface area contributed by atoms with E-state index in [1.165, 1.54) is 0 Å². The molecule has 0 saturated carbocycles. The number of aliphatic hydroxyl groups is 1. The van der Waals surface area contributed by atoms with Crippen LogP contribution >= 0.6 is 0 Å². The molecule has 2 N–H and O–H groups in total. The number of rotatable bonds is 4. The van der Waals surface area contributed by atoms with Crippen LogP contribution in [0.15, 0.2) is 0 Å². The molecule has 2 nitrogen and oxygen atoms in total. The van der Waals surface area contributed by atoms with E-state index in [-0.39, 0.29) is 12.1 Å². The summed E-state index contributed by atoms with van der Waals surface area (Å²) in [5.74, 6) is 0.580. The summed E-state index contributed by atoms with van der Waals surface area (Å²) in [6, 6.07) is 0.426. The third-order valence-electron chi connectivity index (χ3n) is 1.86. The number of hydrogen-bond donors (Lipinski definition) is 2. The molecule has 12 heavy (non-hydrogen) atoms. The average molecular weight is 173 g/mol. The molecule has 0 aromatic carbocycles. The number of nitrogens with one attached hydrogen (secondary N) is 1. The zero-order valence-electron chi connectivity index (χ0n) is 9.02. The van der Waals surface area contributed by atoms with Gasteiger partial charge < -0.3 is 10.4 Å². The van der Waals surface area contributed by atoms with Crippen molar-refractivity contribution in [3.05, 3.63) is 0 Å². The molecule has 0 aromatic heterocycles. The first-order valence-corrected chi connectivity index (χ1v) is 4.75. The Labute approximate surface area is 76.4 Å². The van der Waals surface area contributed by atoms with Gasteiger partial charge >= 0.3 is 0 Å². The van der Waals surface area contributed by atoms with Crippen molar-refractivity contribution in [2.24, 2.45) is 5.92 Å². The molecule has 0 amide bonds. The second-order valence-corrected chi connectivity index (χ2v) is 4.76. The Balaban J connectivity index is 3.95. The van der Waals surface area contributed by atoms with E-state index in [4.69, 9.17) is 5.11 Å². The molecule has 0 aliphatic carbocycles. The highest BCUT2D eigenvalue weighted by Gasteiger charge is 2.18.